The number of nitrogens with one attached hydrogen (secondary N) is 1. The lowest BCUT2D eigenvalue weighted by Gasteiger charge is -2.28. The molecular formula is C16H26N2. The molecule has 2 heteroatoms. The molecule has 1 aromatic rings. The van der Waals surface area contributed by atoms with Gasteiger partial charge >= 0.3 is 0 Å². The van der Waals surface area contributed by atoms with Gasteiger partial charge in [-0.1, -0.05) is 32.9 Å². The van der Waals surface area contributed by atoms with Gasteiger partial charge in [0, 0.05) is 17.8 Å². The van der Waals surface area contributed by atoms with E-state index in [1.807, 2.05) is 0 Å². The average molecular weight is 246 g/mol. The lowest BCUT2D eigenvalue weighted by atomic mass is 9.87. The third kappa shape index (κ3) is 3.49. The average Bonchev–Trinajstić information content (AvgIpc) is 2.28. The molecular weight excluding hydrogens is 220 g/mol. The Morgan fingerprint density at radius 2 is 1.78 bits per heavy atom. The first-order valence-electron chi connectivity index (χ1n) is 7.08. The van der Waals surface area contributed by atoms with Crippen LogP contribution < -0.4 is 11.1 Å². The number of hydrogen-bond donors (Lipinski definition) is 2. The minimum absolute atomic E-state index is 0.228. The van der Waals surface area contributed by atoms with Crippen LogP contribution in [0.5, 0.6) is 0 Å². The van der Waals surface area contributed by atoms with Crippen LogP contribution in [0.15, 0.2) is 24.3 Å². The third-order valence-electron chi connectivity index (χ3n) is 3.84. The summed E-state index contributed by atoms with van der Waals surface area (Å²) in [5.41, 5.74) is 8.85. The van der Waals surface area contributed by atoms with E-state index in [1.165, 1.54) is 30.5 Å². The summed E-state index contributed by atoms with van der Waals surface area (Å²) < 4.78 is 0. The second-order valence-corrected chi connectivity index (χ2v) is 6.60. The van der Waals surface area contributed by atoms with E-state index < -0.39 is 0 Å². The zero-order chi connectivity index (χ0) is 13.2. The molecule has 2 nitrogen and oxygen atoms in total. The zero-order valence-electron chi connectivity index (χ0n) is 11.9. The van der Waals surface area contributed by atoms with Crippen LogP contribution in [0.25, 0.3) is 0 Å². The summed E-state index contributed by atoms with van der Waals surface area (Å²) in [6.07, 6.45) is 4.77. The second-order valence-electron chi connectivity index (χ2n) is 6.60. The summed E-state index contributed by atoms with van der Waals surface area (Å²) in [4.78, 5) is 0. The van der Waals surface area contributed by atoms with Gasteiger partial charge in [0.1, 0.15) is 0 Å². The van der Waals surface area contributed by atoms with Crippen molar-refractivity contribution in [1.29, 1.82) is 0 Å². The van der Waals surface area contributed by atoms with Gasteiger partial charge in [0.25, 0.3) is 0 Å². The van der Waals surface area contributed by atoms with Crippen LogP contribution in [0.2, 0.25) is 0 Å². The highest BCUT2D eigenvalue weighted by atomic mass is 14.9. The fraction of sp³-hybridized carbons (Fsp3) is 0.625. The highest BCUT2D eigenvalue weighted by molar-refractivity contribution is 5.46. The van der Waals surface area contributed by atoms with Crippen molar-refractivity contribution < 1.29 is 0 Å². The lowest BCUT2D eigenvalue weighted by molar-refractivity contribution is 0.409. The van der Waals surface area contributed by atoms with Crippen molar-refractivity contribution in [2.24, 2.45) is 5.73 Å². The predicted molar refractivity (Wildman–Crippen MR) is 79.0 cm³/mol. The number of hydrogen-bond acceptors (Lipinski definition) is 2. The van der Waals surface area contributed by atoms with Crippen molar-refractivity contribution >= 4 is 5.69 Å². The topological polar surface area (TPSA) is 38.0 Å². The normalized spacial score (nSPS) is 24.9. The molecule has 3 N–H and O–H groups in total. The Bertz CT molecular complexity index is 375. The molecule has 0 saturated heterocycles. The molecule has 0 bridgehead atoms. The molecule has 18 heavy (non-hydrogen) atoms. The zero-order valence-corrected chi connectivity index (χ0v) is 11.9. The second kappa shape index (κ2) is 5.31. The summed E-state index contributed by atoms with van der Waals surface area (Å²) in [6, 6.07) is 9.77. The molecule has 2 atom stereocenters. The van der Waals surface area contributed by atoms with Crippen molar-refractivity contribution in [3.05, 3.63) is 29.8 Å². The van der Waals surface area contributed by atoms with Crippen molar-refractivity contribution in [1.82, 2.24) is 0 Å². The summed E-state index contributed by atoms with van der Waals surface area (Å²) in [5, 5.41) is 3.61. The Hall–Kier alpha value is -1.02. The molecule has 0 radical (unpaired) electrons. The third-order valence-corrected chi connectivity index (χ3v) is 3.84. The fourth-order valence-electron chi connectivity index (χ4n) is 2.66. The summed E-state index contributed by atoms with van der Waals surface area (Å²) in [7, 11) is 0. The van der Waals surface area contributed by atoms with E-state index in [-0.39, 0.29) is 5.41 Å². The SMILES string of the molecule is CC(C)(C)c1ccc(N[C@@H]2CCC[C@H](N)C2)cc1. The van der Waals surface area contributed by atoms with E-state index in [0.717, 1.165) is 6.42 Å². The molecule has 1 fully saturated rings. The van der Waals surface area contributed by atoms with Crippen LogP contribution in [-0.2, 0) is 5.41 Å². The van der Waals surface area contributed by atoms with Gasteiger partial charge in [-0.2, -0.15) is 0 Å². The predicted octanol–water partition coefficient (Wildman–Crippen LogP) is 3.67. The Labute approximate surface area is 111 Å². The van der Waals surface area contributed by atoms with Crippen LogP contribution in [0, 0.1) is 0 Å². The van der Waals surface area contributed by atoms with Crippen molar-refractivity contribution in [3.63, 3.8) is 0 Å². The summed E-state index contributed by atoms with van der Waals surface area (Å²) in [6.45, 7) is 6.74. The number of nitrogens with two attached hydrogens (primary N) is 1. The number of benzene rings is 1. The molecule has 0 aromatic heterocycles. The van der Waals surface area contributed by atoms with Crippen molar-refractivity contribution in [2.75, 3.05) is 5.32 Å². The number of anilines is 1. The van der Waals surface area contributed by atoms with Crippen LogP contribution in [0.1, 0.15) is 52.0 Å². The molecule has 0 heterocycles. The van der Waals surface area contributed by atoms with E-state index in [1.54, 1.807) is 0 Å². The molecule has 1 saturated carbocycles. The van der Waals surface area contributed by atoms with Crippen LogP contribution in [0.3, 0.4) is 0 Å². The maximum absolute atomic E-state index is 6.02. The quantitative estimate of drug-likeness (QED) is 0.835. The van der Waals surface area contributed by atoms with Gasteiger partial charge in [0.15, 0.2) is 0 Å². The Morgan fingerprint density at radius 1 is 1.11 bits per heavy atom. The van der Waals surface area contributed by atoms with Gasteiger partial charge in [0.2, 0.25) is 0 Å². The van der Waals surface area contributed by atoms with Crippen molar-refractivity contribution in [3.8, 4) is 0 Å². The van der Waals surface area contributed by atoms with E-state index in [9.17, 15) is 0 Å². The molecule has 0 amide bonds. The Morgan fingerprint density at radius 3 is 2.33 bits per heavy atom. The molecule has 1 aliphatic rings. The van der Waals surface area contributed by atoms with Gasteiger partial charge in [-0.05, 0) is 48.8 Å². The monoisotopic (exact) mass is 246 g/mol. The van der Waals surface area contributed by atoms with Gasteiger partial charge < -0.3 is 11.1 Å². The van der Waals surface area contributed by atoms with E-state index in [2.05, 4.69) is 50.4 Å². The van der Waals surface area contributed by atoms with Crippen LogP contribution in [-0.4, -0.2) is 12.1 Å². The van der Waals surface area contributed by atoms with Gasteiger partial charge in [-0.25, -0.2) is 0 Å². The lowest BCUT2D eigenvalue weighted by Crippen LogP contribution is -2.34. The molecule has 0 unspecified atom stereocenters. The molecule has 1 aliphatic carbocycles. The minimum atomic E-state index is 0.228. The van der Waals surface area contributed by atoms with E-state index in [0.29, 0.717) is 12.1 Å². The molecule has 1 aromatic carbocycles. The first-order valence-corrected chi connectivity index (χ1v) is 7.08. The Balaban J connectivity index is 1.98. The maximum Gasteiger partial charge on any atom is 0.0342 e. The maximum atomic E-state index is 6.02. The summed E-state index contributed by atoms with van der Waals surface area (Å²) >= 11 is 0. The first-order chi connectivity index (χ1) is 8.45. The first kappa shape index (κ1) is 13.4. The molecule has 100 valence electrons. The van der Waals surface area contributed by atoms with E-state index in [4.69, 9.17) is 5.73 Å². The van der Waals surface area contributed by atoms with Crippen molar-refractivity contribution in [2.45, 2.75) is 64.0 Å². The fourth-order valence-corrected chi connectivity index (χ4v) is 2.66. The van der Waals surface area contributed by atoms with Gasteiger partial charge in [-0.3, -0.25) is 0 Å². The Kier molecular flexibility index (Phi) is 3.96. The van der Waals surface area contributed by atoms with Crippen LogP contribution in [0.4, 0.5) is 5.69 Å². The molecule has 0 aliphatic heterocycles. The van der Waals surface area contributed by atoms with Gasteiger partial charge in [-0.15, -0.1) is 0 Å². The largest absolute Gasteiger partial charge is 0.382 e. The minimum Gasteiger partial charge on any atom is -0.382 e. The van der Waals surface area contributed by atoms with Gasteiger partial charge in [0.05, 0.1) is 0 Å². The standard InChI is InChI=1S/C16H26N2/c1-16(2,3)12-7-9-14(10-8-12)18-15-6-4-5-13(17)11-15/h7-10,13,15,18H,4-6,11,17H2,1-3H3/t13-,15+/m0/s1. The number of rotatable bonds is 2. The highest BCUT2D eigenvalue weighted by Gasteiger charge is 2.19. The molecule has 2 rings (SSSR count). The molecule has 0 spiro atoms. The van der Waals surface area contributed by atoms with E-state index >= 15 is 0 Å². The highest BCUT2D eigenvalue weighted by Crippen LogP contribution is 2.25. The summed E-state index contributed by atoms with van der Waals surface area (Å²) in [5.74, 6) is 0. The van der Waals surface area contributed by atoms with Crippen LogP contribution >= 0.6 is 0 Å². The smallest absolute Gasteiger partial charge is 0.0342 e.